The van der Waals surface area contributed by atoms with Crippen LogP contribution < -0.4 is 5.32 Å². The van der Waals surface area contributed by atoms with Crippen molar-refractivity contribution in [1.82, 2.24) is 10.2 Å². The molecule has 4 aliphatic rings. The van der Waals surface area contributed by atoms with Crippen LogP contribution in [0.25, 0.3) is 0 Å². The van der Waals surface area contributed by atoms with E-state index in [1.54, 1.807) is 18.2 Å². The van der Waals surface area contributed by atoms with Crippen molar-refractivity contribution in [3.63, 3.8) is 0 Å². The molecule has 1 aliphatic heterocycles. The third kappa shape index (κ3) is 3.62. The lowest BCUT2D eigenvalue weighted by Crippen LogP contribution is -2.61. The quantitative estimate of drug-likeness (QED) is 0.547. The molecule has 0 aromatic heterocycles. The van der Waals surface area contributed by atoms with Gasteiger partial charge in [0.25, 0.3) is 5.91 Å². The number of halogens is 2. The maximum absolute atomic E-state index is 12.9. The van der Waals surface area contributed by atoms with Crippen LogP contribution in [-0.2, 0) is 4.79 Å². The minimum Gasteiger partial charge on any atom is -0.352 e. The number of benzene rings is 1. The van der Waals surface area contributed by atoms with E-state index in [1.807, 2.05) is 7.05 Å². The Hall–Kier alpha value is -1.26. The van der Waals surface area contributed by atoms with Crippen LogP contribution in [0.15, 0.2) is 18.2 Å². The average molecular weight is 492 g/mol. The van der Waals surface area contributed by atoms with Gasteiger partial charge in [0.05, 0.1) is 15.6 Å². The Labute approximate surface area is 207 Å². The van der Waals surface area contributed by atoms with E-state index in [0.29, 0.717) is 58.3 Å². The fraction of sp³-hybridized carbons (Fsp3) is 0.704. The van der Waals surface area contributed by atoms with Crippen LogP contribution in [0.5, 0.6) is 0 Å². The summed E-state index contributed by atoms with van der Waals surface area (Å²) in [4.78, 5) is 27.3. The lowest BCUT2D eigenvalue weighted by molar-refractivity contribution is -0.158. The standard InChI is InChI=1S/C27H36Cl2N2O2/c1-26-13-11-19-17(8-10-22-27(19,2)14-12-23(32)31(22)3)18(26)9-7-16(26)15-30-25(33)24-20(28)5-4-6-21(24)29/h4-6,16-19,22H,7-15H2,1-3H3,(H,30,33)/t16?,17-,18-,19-,22+,26+,27+/m0/s1. The third-order valence-corrected chi connectivity index (χ3v) is 11.1. The number of hydrogen-bond donors (Lipinski definition) is 1. The summed E-state index contributed by atoms with van der Waals surface area (Å²) in [6.07, 6.45) is 8.99. The first kappa shape index (κ1) is 23.5. The van der Waals surface area contributed by atoms with E-state index < -0.39 is 0 Å². The van der Waals surface area contributed by atoms with Crippen molar-refractivity contribution in [3.8, 4) is 0 Å². The summed E-state index contributed by atoms with van der Waals surface area (Å²) in [5.74, 6) is 2.80. The van der Waals surface area contributed by atoms with Gasteiger partial charge >= 0.3 is 0 Å². The summed E-state index contributed by atoms with van der Waals surface area (Å²) < 4.78 is 0. The lowest BCUT2D eigenvalue weighted by Gasteiger charge is -2.61. The maximum Gasteiger partial charge on any atom is 0.254 e. The van der Waals surface area contributed by atoms with Gasteiger partial charge < -0.3 is 10.2 Å². The van der Waals surface area contributed by atoms with Gasteiger partial charge in [0.15, 0.2) is 0 Å². The first-order chi connectivity index (χ1) is 15.7. The number of likely N-dealkylation sites (tertiary alicyclic amines) is 1. The highest BCUT2D eigenvalue weighted by atomic mass is 35.5. The summed E-state index contributed by atoms with van der Waals surface area (Å²) in [5, 5.41) is 3.96. The molecule has 33 heavy (non-hydrogen) atoms. The molecule has 1 aromatic carbocycles. The van der Waals surface area contributed by atoms with Crippen LogP contribution in [0.3, 0.4) is 0 Å². The number of hydrogen-bond acceptors (Lipinski definition) is 2. The second-order valence-corrected chi connectivity index (χ2v) is 12.4. The Balaban J connectivity index is 1.30. The van der Waals surface area contributed by atoms with Crippen molar-refractivity contribution in [3.05, 3.63) is 33.8 Å². The number of rotatable bonds is 3. The molecule has 0 spiro atoms. The van der Waals surface area contributed by atoms with Crippen LogP contribution in [0.1, 0.15) is 75.6 Å². The number of carbonyl (C=O) groups is 2. The first-order valence-electron chi connectivity index (χ1n) is 12.6. The van der Waals surface area contributed by atoms with E-state index in [2.05, 4.69) is 24.1 Å². The Kier molecular flexibility index (Phi) is 6.01. The topological polar surface area (TPSA) is 49.4 Å². The van der Waals surface area contributed by atoms with Crippen LogP contribution in [-0.4, -0.2) is 36.3 Å². The molecule has 5 rings (SSSR count). The van der Waals surface area contributed by atoms with Crippen molar-refractivity contribution in [2.75, 3.05) is 13.6 Å². The van der Waals surface area contributed by atoms with E-state index >= 15 is 0 Å². The van der Waals surface area contributed by atoms with Gasteiger partial charge in [0.2, 0.25) is 5.91 Å². The molecule has 1 unspecified atom stereocenters. The molecule has 0 radical (unpaired) electrons. The number of amides is 2. The summed E-state index contributed by atoms with van der Waals surface area (Å²) in [5.41, 5.74) is 0.893. The molecule has 1 heterocycles. The highest BCUT2D eigenvalue weighted by Crippen LogP contribution is 2.66. The van der Waals surface area contributed by atoms with Crippen molar-refractivity contribution in [1.29, 1.82) is 0 Å². The van der Waals surface area contributed by atoms with E-state index in [0.717, 1.165) is 18.8 Å². The molecule has 1 saturated heterocycles. The Morgan fingerprint density at radius 3 is 2.45 bits per heavy atom. The zero-order valence-electron chi connectivity index (χ0n) is 20.0. The minimum absolute atomic E-state index is 0.172. The molecule has 2 amide bonds. The van der Waals surface area contributed by atoms with Crippen LogP contribution >= 0.6 is 23.2 Å². The predicted octanol–water partition coefficient (Wildman–Crippen LogP) is 6.20. The Morgan fingerprint density at radius 2 is 1.73 bits per heavy atom. The molecule has 4 fully saturated rings. The normalized spacial score (nSPS) is 40.1. The zero-order chi connectivity index (χ0) is 23.5. The number of nitrogens with one attached hydrogen (secondary N) is 1. The second-order valence-electron chi connectivity index (χ2n) is 11.6. The van der Waals surface area contributed by atoms with Crippen LogP contribution in [0.4, 0.5) is 0 Å². The second kappa shape index (κ2) is 8.45. The average Bonchev–Trinajstić information content (AvgIpc) is 3.11. The van der Waals surface area contributed by atoms with Gasteiger partial charge in [-0.3, -0.25) is 9.59 Å². The highest BCUT2D eigenvalue weighted by molar-refractivity contribution is 6.39. The van der Waals surface area contributed by atoms with E-state index in [9.17, 15) is 9.59 Å². The van der Waals surface area contributed by atoms with Gasteiger partial charge in [-0.25, -0.2) is 0 Å². The fourth-order valence-corrected chi connectivity index (χ4v) is 9.18. The SMILES string of the molecule is CN1C(=O)CC[C@]2(C)[C@H]3CC[C@]4(C)C(CNC(=O)c5c(Cl)cccc5Cl)CC[C@H]4[C@@H]3CC[C@@H]12. The van der Waals surface area contributed by atoms with E-state index in [4.69, 9.17) is 23.2 Å². The third-order valence-electron chi connectivity index (χ3n) is 10.5. The zero-order valence-corrected chi connectivity index (χ0v) is 21.5. The van der Waals surface area contributed by atoms with Crippen molar-refractivity contribution < 1.29 is 9.59 Å². The summed E-state index contributed by atoms with van der Waals surface area (Å²) in [6.45, 7) is 5.63. The largest absolute Gasteiger partial charge is 0.352 e. The van der Waals surface area contributed by atoms with Crippen molar-refractivity contribution >= 4 is 35.0 Å². The molecule has 3 aliphatic carbocycles. The van der Waals surface area contributed by atoms with Crippen molar-refractivity contribution in [2.24, 2.45) is 34.5 Å². The maximum atomic E-state index is 12.9. The molecule has 0 bridgehead atoms. The molecule has 1 aromatic rings. The number of fused-ring (bicyclic) bond motifs is 5. The Morgan fingerprint density at radius 1 is 1.03 bits per heavy atom. The van der Waals surface area contributed by atoms with Gasteiger partial charge in [0, 0.05) is 26.1 Å². The molecular weight excluding hydrogens is 455 g/mol. The molecule has 6 heteroatoms. The number of carbonyl (C=O) groups excluding carboxylic acids is 2. The lowest BCUT2D eigenvalue weighted by atomic mass is 9.47. The molecule has 180 valence electrons. The molecule has 3 saturated carbocycles. The minimum atomic E-state index is -0.172. The summed E-state index contributed by atoms with van der Waals surface area (Å²) in [6, 6.07) is 5.59. The van der Waals surface area contributed by atoms with Gasteiger partial charge in [-0.2, -0.15) is 0 Å². The van der Waals surface area contributed by atoms with E-state index in [-0.39, 0.29) is 16.7 Å². The fourth-order valence-electron chi connectivity index (χ4n) is 8.61. The van der Waals surface area contributed by atoms with E-state index in [1.165, 1.54) is 32.1 Å². The highest BCUT2D eigenvalue weighted by Gasteiger charge is 2.61. The monoisotopic (exact) mass is 490 g/mol. The van der Waals surface area contributed by atoms with Crippen LogP contribution in [0, 0.1) is 34.5 Å². The first-order valence-corrected chi connectivity index (χ1v) is 13.4. The molecule has 1 N–H and O–H groups in total. The molecular formula is C27H36Cl2N2O2. The van der Waals surface area contributed by atoms with Gasteiger partial charge in [-0.15, -0.1) is 0 Å². The van der Waals surface area contributed by atoms with Gasteiger partial charge in [0.1, 0.15) is 0 Å². The van der Waals surface area contributed by atoms with Crippen molar-refractivity contribution in [2.45, 2.75) is 71.3 Å². The molecule has 4 nitrogen and oxygen atoms in total. The number of piperidine rings is 1. The van der Waals surface area contributed by atoms with Gasteiger partial charge in [-0.1, -0.05) is 43.1 Å². The summed E-state index contributed by atoms with van der Waals surface area (Å²) in [7, 11) is 2.03. The number of nitrogens with zero attached hydrogens (tertiary/aromatic N) is 1. The Bertz CT molecular complexity index is 947. The summed E-state index contributed by atoms with van der Waals surface area (Å²) >= 11 is 12.5. The molecule has 7 atom stereocenters. The van der Waals surface area contributed by atoms with Gasteiger partial charge in [-0.05, 0) is 91.6 Å². The smallest absolute Gasteiger partial charge is 0.254 e. The predicted molar refractivity (Wildman–Crippen MR) is 132 cm³/mol. The van der Waals surface area contributed by atoms with Crippen LogP contribution in [0.2, 0.25) is 10.0 Å².